The van der Waals surface area contributed by atoms with Gasteiger partial charge in [-0.25, -0.2) is 4.98 Å². The third-order valence-electron chi connectivity index (χ3n) is 13.3. The maximum atomic E-state index is 6.71. The van der Waals surface area contributed by atoms with Gasteiger partial charge in [-0.05, 0) is 139 Å². The molecule has 0 radical (unpaired) electrons. The molecule has 68 heavy (non-hydrogen) atoms. The zero-order chi connectivity index (χ0) is 47.1. The topological polar surface area (TPSA) is 46.4 Å². The van der Waals surface area contributed by atoms with E-state index >= 15 is 0 Å². The number of nitrogens with zero attached hydrogens (tertiary/aromatic N) is 5. The zero-order valence-corrected chi connectivity index (χ0v) is 43.4. The Morgan fingerprint density at radius 2 is 1.18 bits per heavy atom. The van der Waals surface area contributed by atoms with Crippen molar-refractivity contribution in [2.75, 3.05) is 9.80 Å². The molecule has 0 N–H and O–H groups in total. The Labute approximate surface area is 416 Å². The summed E-state index contributed by atoms with van der Waals surface area (Å²) in [6.45, 7) is 29.2. The fraction of sp³-hybridized carbons (Fsp3) is 0.230. The van der Waals surface area contributed by atoms with Gasteiger partial charge in [-0.2, -0.15) is 12.1 Å². The molecule has 0 spiro atoms. The quantitative estimate of drug-likeness (QED) is 0.149. The van der Waals surface area contributed by atoms with Gasteiger partial charge >= 0.3 is 0 Å². The number of hydrogen-bond acceptors (Lipinski definition) is 5. The molecule has 9 aromatic rings. The predicted molar refractivity (Wildman–Crippen MR) is 279 cm³/mol. The standard InChI is InChI=1S/C61H58N5O.Pt/c1-37-26-39(3)57(40(4)27-37)50-30-44(61(10,11)12)31-51(58-41(5)28-38(2)29-42(58)6)59(50)65-36-64(53-23-24-62-35-55(53)65)45-16-15-17-46(33-45)67-47-20-21-49-48-18-13-14-19-52(48)66(54(49)34-47)56-32-43(22-25-63-56)60(7,8)9;/h13-32,35-36H,1-12H3;/q-3;. The number of anilines is 4. The van der Waals surface area contributed by atoms with E-state index in [9.17, 15) is 0 Å². The molecule has 0 aliphatic carbocycles. The number of pyridine rings is 2. The molecule has 0 bridgehead atoms. The van der Waals surface area contributed by atoms with Crippen molar-refractivity contribution >= 4 is 44.6 Å². The van der Waals surface area contributed by atoms with Crippen LogP contribution >= 0.6 is 0 Å². The molecule has 3 aromatic heterocycles. The van der Waals surface area contributed by atoms with E-state index in [1.165, 1.54) is 66.8 Å². The van der Waals surface area contributed by atoms with Gasteiger partial charge in [-0.15, -0.1) is 48.1 Å². The normalized spacial score (nSPS) is 12.8. The summed E-state index contributed by atoms with van der Waals surface area (Å²) in [7, 11) is 0. The zero-order valence-electron chi connectivity index (χ0n) is 41.2. The van der Waals surface area contributed by atoms with Crippen molar-refractivity contribution in [3.63, 3.8) is 0 Å². The Bertz CT molecular complexity index is 3300. The summed E-state index contributed by atoms with van der Waals surface area (Å²) >= 11 is 0. The van der Waals surface area contributed by atoms with E-state index in [2.05, 4.69) is 207 Å². The first kappa shape index (κ1) is 46.6. The fourth-order valence-corrected chi connectivity index (χ4v) is 10.2. The Kier molecular flexibility index (Phi) is 12.0. The molecule has 10 rings (SSSR count). The maximum absolute atomic E-state index is 6.71. The summed E-state index contributed by atoms with van der Waals surface area (Å²) in [5, 5.41) is 2.22. The maximum Gasteiger partial charge on any atom is 0.135 e. The summed E-state index contributed by atoms with van der Waals surface area (Å²) in [5.41, 5.74) is 20.6. The van der Waals surface area contributed by atoms with E-state index in [1.54, 1.807) is 0 Å². The van der Waals surface area contributed by atoms with Crippen LogP contribution < -0.4 is 14.5 Å². The van der Waals surface area contributed by atoms with Crippen LogP contribution in [0.15, 0.2) is 128 Å². The molecule has 6 aromatic carbocycles. The van der Waals surface area contributed by atoms with E-state index in [4.69, 9.17) is 14.7 Å². The Hall–Kier alpha value is -6.49. The largest absolute Gasteiger partial charge is 0.509 e. The molecule has 0 amide bonds. The SMILES string of the molecule is Cc1cc(C)c(-c2cc(C(C)(C)C)cc(-c3c(C)cc(C)cc3C)c2N2[CH-]N(c3[c-]c(Oc4[c-]c5c(cc4)c4ccccc4n5-c4cc(C(C)(C)C)ccn4)ccc3)c3ccncc32)c(C)c1.[Pt]. The fourth-order valence-electron chi connectivity index (χ4n) is 10.2. The van der Waals surface area contributed by atoms with Crippen molar-refractivity contribution in [2.24, 2.45) is 0 Å². The average molecular weight is 1070 g/mol. The van der Waals surface area contributed by atoms with Crippen LogP contribution in [0.2, 0.25) is 0 Å². The van der Waals surface area contributed by atoms with Crippen molar-refractivity contribution in [2.45, 2.75) is 93.9 Å². The summed E-state index contributed by atoms with van der Waals surface area (Å²) in [4.78, 5) is 14.2. The minimum atomic E-state index is -0.108. The van der Waals surface area contributed by atoms with Gasteiger partial charge in [-0.1, -0.05) is 101 Å². The molecule has 0 atom stereocenters. The second-order valence-electron chi connectivity index (χ2n) is 20.5. The summed E-state index contributed by atoms with van der Waals surface area (Å²) in [5.74, 6) is 2.02. The van der Waals surface area contributed by atoms with Crippen molar-refractivity contribution in [1.82, 2.24) is 14.5 Å². The molecule has 1 aliphatic heterocycles. The Morgan fingerprint density at radius 3 is 1.81 bits per heavy atom. The molecule has 0 fully saturated rings. The molecule has 0 unspecified atom stereocenters. The number of hydrogen-bond donors (Lipinski definition) is 0. The molecule has 0 saturated carbocycles. The van der Waals surface area contributed by atoms with E-state index < -0.39 is 0 Å². The number of aromatic nitrogens is 3. The van der Waals surface area contributed by atoms with Gasteiger partial charge in [0, 0.05) is 73.0 Å². The summed E-state index contributed by atoms with van der Waals surface area (Å²) < 4.78 is 8.91. The van der Waals surface area contributed by atoms with Gasteiger partial charge in [0.15, 0.2) is 0 Å². The summed E-state index contributed by atoms with van der Waals surface area (Å²) in [6, 6.07) is 46.4. The second-order valence-corrected chi connectivity index (χ2v) is 20.5. The minimum Gasteiger partial charge on any atom is -0.509 e. The first-order chi connectivity index (χ1) is 31.9. The van der Waals surface area contributed by atoms with Crippen LogP contribution in [-0.4, -0.2) is 14.5 Å². The molecule has 0 saturated heterocycles. The molecule has 7 heteroatoms. The van der Waals surface area contributed by atoms with E-state index in [1.807, 2.05) is 36.8 Å². The van der Waals surface area contributed by atoms with Gasteiger partial charge in [-0.3, -0.25) is 4.98 Å². The number of benzene rings is 6. The van der Waals surface area contributed by atoms with Crippen molar-refractivity contribution in [3.8, 4) is 39.6 Å². The van der Waals surface area contributed by atoms with Crippen LogP contribution in [0.3, 0.4) is 0 Å². The number of rotatable bonds is 7. The van der Waals surface area contributed by atoms with Crippen molar-refractivity contribution in [1.29, 1.82) is 0 Å². The van der Waals surface area contributed by atoms with E-state index in [0.29, 0.717) is 11.5 Å². The van der Waals surface area contributed by atoms with Crippen molar-refractivity contribution < 1.29 is 25.8 Å². The molecule has 346 valence electrons. The smallest absolute Gasteiger partial charge is 0.135 e. The van der Waals surface area contributed by atoms with Gasteiger partial charge < -0.3 is 19.1 Å². The van der Waals surface area contributed by atoms with Gasteiger partial charge in [0.25, 0.3) is 0 Å². The van der Waals surface area contributed by atoms with Gasteiger partial charge in [0.1, 0.15) is 5.82 Å². The Morgan fingerprint density at radius 1 is 0.559 bits per heavy atom. The molecule has 6 nitrogen and oxygen atoms in total. The molecule has 4 heterocycles. The number of aryl methyl sites for hydroxylation is 6. The van der Waals surface area contributed by atoms with Crippen LogP contribution in [0.5, 0.6) is 11.5 Å². The number of para-hydroxylation sites is 1. The molecule has 1 aliphatic rings. The van der Waals surface area contributed by atoms with Crippen LogP contribution in [0.25, 0.3) is 49.9 Å². The van der Waals surface area contributed by atoms with Crippen LogP contribution in [0.1, 0.15) is 86.1 Å². The van der Waals surface area contributed by atoms with Crippen LogP contribution in [-0.2, 0) is 31.9 Å². The third kappa shape index (κ3) is 8.32. The van der Waals surface area contributed by atoms with Gasteiger partial charge in [0.05, 0.1) is 11.9 Å². The Balaban J connectivity index is 0.00000578. The number of ether oxygens (including phenoxy) is 1. The van der Waals surface area contributed by atoms with Crippen LogP contribution in [0, 0.1) is 60.3 Å². The first-order valence-corrected chi connectivity index (χ1v) is 23.3. The van der Waals surface area contributed by atoms with Gasteiger partial charge in [0.2, 0.25) is 0 Å². The second kappa shape index (κ2) is 17.5. The molecular weight excluding hydrogens is 1010 g/mol. The van der Waals surface area contributed by atoms with E-state index in [-0.39, 0.29) is 31.9 Å². The predicted octanol–water partition coefficient (Wildman–Crippen LogP) is 16.2. The average Bonchev–Trinajstić information content (AvgIpc) is 3.81. The van der Waals surface area contributed by atoms with Crippen LogP contribution in [0.4, 0.5) is 22.7 Å². The third-order valence-corrected chi connectivity index (χ3v) is 13.3. The molecular formula is C61H58N5OPt-3. The van der Waals surface area contributed by atoms with Crippen molar-refractivity contribution in [3.05, 3.63) is 191 Å². The first-order valence-electron chi connectivity index (χ1n) is 23.3. The number of fused-ring (bicyclic) bond motifs is 4. The monoisotopic (exact) mass is 1070 g/mol. The summed E-state index contributed by atoms with van der Waals surface area (Å²) in [6.07, 6.45) is 5.75. The van der Waals surface area contributed by atoms with E-state index in [0.717, 1.165) is 50.4 Å². The minimum absolute atomic E-state index is 0.